The number of nitrogens with one attached hydrogen (secondary N) is 1. The van der Waals surface area contributed by atoms with Gasteiger partial charge in [-0.25, -0.2) is 0 Å². The second-order valence-corrected chi connectivity index (χ2v) is 4.74. The van der Waals surface area contributed by atoms with Gasteiger partial charge in [0.25, 0.3) is 0 Å². The zero-order valence-corrected chi connectivity index (χ0v) is 14.3. The van der Waals surface area contributed by atoms with Gasteiger partial charge < -0.3 is 25.3 Å². The van der Waals surface area contributed by atoms with Crippen LogP contribution in [0.4, 0.5) is 0 Å². The third-order valence-corrected chi connectivity index (χ3v) is 3.13. The molecule has 1 atom stereocenters. The largest absolute Gasteiger partial charge is 0.493 e. The third kappa shape index (κ3) is 5.61. The molecular formula is C15H25ClN2O4. The van der Waals surface area contributed by atoms with Crippen LogP contribution in [-0.2, 0) is 11.2 Å². The quantitative estimate of drug-likeness (QED) is 0.754. The number of aryl methyl sites for hydroxylation is 1. The molecule has 1 amide bonds. The first-order chi connectivity index (χ1) is 10.0. The van der Waals surface area contributed by atoms with Crippen molar-refractivity contribution in [1.29, 1.82) is 0 Å². The SMILES string of the molecule is COc1cc(CCC(=O)N[C@@H](C)CN)cc(OC)c1OC.Cl. The van der Waals surface area contributed by atoms with Crippen LogP contribution in [-0.4, -0.2) is 39.8 Å². The summed E-state index contributed by atoms with van der Waals surface area (Å²) in [5, 5.41) is 2.83. The van der Waals surface area contributed by atoms with Crippen molar-refractivity contribution in [3.8, 4) is 17.2 Å². The number of benzene rings is 1. The molecule has 0 heterocycles. The summed E-state index contributed by atoms with van der Waals surface area (Å²) in [6, 6.07) is 3.68. The van der Waals surface area contributed by atoms with Gasteiger partial charge in [-0.15, -0.1) is 12.4 Å². The Bertz CT molecular complexity index is 458. The second kappa shape index (κ2) is 10.1. The third-order valence-electron chi connectivity index (χ3n) is 3.13. The van der Waals surface area contributed by atoms with Crippen molar-refractivity contribution in [3.63, 3.8) is 0 Å². The normalized spacial score (nSPS) is 11.1. The van der Waals surface area contributed by atoms with Crippen LogP contribution in [0, 0.1) is 0 Å². The van der Waals surface area contributed by atoms with Gasteiger partial charge in [-0.2, -0.15) is 0 Å². The number of halogens is 1. The van der Waals surface area contributed by atoms with Crippen LogP contribution in [0.5, 0.6) is 17.2 Å². The van der Waals surface area contributed by atoms with Crippen LogP contribution >= 0.6 is 12.4 Å². The van der Waals surface area contributed by atoms with Crippen molar-refractivity contribution in [2.24, 2.45) is 5.73 Å². The van der Waals surface area contributed by atoms with Crippen LogP contribution in [0.1, 0.15) is 18.9 Å². The maximum absolute atomic E-state index is 11.8. The van der Waals surface area contributed by atoms with Crippen LogP contribution in [0.25, 0.3) is 0 Å². The number of nitrogens with two attached hydrogens (primary N) is 1. The van der Waals surface area contributed by atoms with E-state index in [9.17, 15) is 4.79 Å². The Balaban J connectivity index is 0.00000441. The van der Waals surface area contributed by atoms with Gasteiger partial charge in [0, 0.05) is 19.0 Å². The predicted octanol–water partition coefficient (Wildman–Crippen LogP) is 1.53. The highest BCUT2D eigenvalue weighted by Gasteiger charge is 2.14. The first-order valence-corrected chi connectivity index (χ1v) is 6.84. The number of amides is 1. The van der Waals surface area contributed by atoms with Crippen molar-refractivity contribution in [2.45, 2.75) is 25.8 Å². The summed E-state index contributed by atoms with van der Waals surface area (Å²) in [7, 11) is 4.69. The predicted molar refractivity (Wildman–Crippen MR) is 88.3 cm³/mol. The van der Waals surface area contributed by atoms with Crippen molar-refractivity contribution >= 4 is 18.3 Å². The van der Waals surface area contributed by atoms with Crippen molar-refractivity contribution in [3.05, 3.63) is 17.7 Å². The number of carbonyl (C=O) groups is 1. The summed E-state index contributed by atoms with van der Waals surface area (Å²) in [6.45, 7) is 2.30. The molecule has 126 valence electrons. The first-order valence-electron chi connectivity index (χ1n) is 6.84. The topological polar surface area (TPSA) is 82.8 Å². The monoisotopic (exact) mass is 332 g/mol. The van der Waals surface area contributed by atoms with Crippen LogP contribution in [0.2, 0.25) is 0 Å². The van der Waals surface area contributed by atoms with E-state index in [2.05, 4.69) is 5.32 Å². The number of ether oxygens (including phenoxy) is 3. The number of hydrogen-bond donors (Lipinski definition) is 2. The molecule has 0 aromatic heterocycles. The Labute approximate surface area is 137 Å². The Morgan fingerprint density at radius 3 is 2.14 bits per heavy atom. The minimum absolute atomic E-state index is 0. The maximum atomic E-state index is 11.8. The second-order valence-electron chi connectivity index (χ2n) is 4.74. The van der Waals surface area contributed by atoms with E-state index in [1.165, 1.54) is 0 Å². The Kier molecular flexibility index (Phi) is 9.37. The van der Waals surface area contributed by atoms with Gasteiger partial charge in [-0.3, -0.25) is 4.79 Å². The number of methoxy groups -OCH3 is 3. The molecule has 0 bridgehead atoms. The van der Waals surface area contributed by atoms with Crippen LogP contribution in [0.15, 0.2) is 12.1 Å². The van der Waals surface area contributed by atoms with E-state index in [0.717, 1.165) is 5.56 Å². The molecule has 0 saturated carbocycles. The maximum Gasteiger partial charge on any atom is 0.220 e. The summed E-state index contributed by atoms with van der Waals surface area (Å²) in [5.74, 6) is 1.69. The molecule has 7 heteroatoms. The Morgan fingerprint density at radius 1 is 1.18 bits per heavy atom. The molecule has 3 N–H and O–H groups in total. The molecule has 0 saturated heterocycles. The molecule has 0 radical (unpaired) electrons. The van der Waals surface area contributed by atoms with Gasteiger partial charge in [-0.05, 0) is 31.0 Å². The zero-order chi connectivity index (χ0) is 15.8. The van der Waals surface area contributed by atoms with Crippen molar-refractivity contribution < 1.29 is 19.0 Å². The molecule has 0 unspecified atom stereocenters. The highest BCUT2D eigenvalue weighted by Crippen LogP contribution is 2.38. The van der Waals surface area contributed by atoms with Crippen molar-refractivity contribution in [2.75, 3.05) is 27.9 Å². The lowest BCUT2D eigenvalue weighted by Gasteiger charge is -2.14. The van der Waals surface area contributed by atoms with Gasteiger partial charge in [0.15, 0.2) is 11.5 Å². The van der Waals surface area contributed by atoms with Crippen LogP contribution < -0.4 is 25.3 Å². The fourth-order valence-corrected chi connectivity index (χ4v) is 1.94. The average Bonchev–Trinajstić information content (AvgIpc) is 2.51. The summed E-state index contributed by atoms with van der Waals surface area (Å²) >= 11 is 0. The lowest BCUT2D eigenvalue weighted by Crippen LogP contribution is -2.37. The van der Waals surface area contributed by atoms with Gasteiger partial charge >= 0.3 is 0 Å². The van der Waals surface area contributed by atoms with E-state index >= 15 is 0 Å². The Hall–Kier alpha value is -1.66. The van der Waals surface area contributed by atoms with E-state index < -0.39 is 0 Å². The summed E-state index contributed by atoms with van der Waals surface area (Å²) < 4.78 is 15.8. The molecule has 0 aliphatic rings. The molecule has 1 rings (SSSR count). The van der Waals surface area contributed by atoms with Gasteiger partial charge in [-0.1, -0.05) is 0 Å². The molecule has 0 spiro atoms. The van der Waals surface area contributed by atoms with Gasteiger partial charge in [0.1, 0.15) is 0 Å². The smallest absolute Gasteiger partial charge is 0.220 e. The minimum Gasteiger partial charge on any atom is -0.493 e. The number of rotatable bonds is 8. The van der Waals surface area contributed by atoms with Gasteiger partial charge in [0.05, 0.1) is 21.3 Å². The van der Waals surface area contributed by atoms with E-state index in [1.807, 2.05) is 19.1 Å². The molecule has 0 fully saturated rings. The Morgan fingerprint density at radius 2 is 1.73 bits per heavy atom. The molecule has 0 aliphatic heterocycles. The van der Waals surface area contributed by atoms with Crippen LogP contribution in [0.3, 0.4) is 0 Å². The standard InChI is InChI=1S/C15H24N2O4.ClH/c1-10(9-16)17-14(18)6-5-11-7-12(19-2)15(21-4)13(8-11)20-3;/h7-8,10H,5-6,9,16H2,1-4H3,(H,17,18);1H/t10-;/m0./s1. The highest BCUT2D eigenvalue weighted by atomic mass is 35.5. The fourth-order valence-electron chi connectivity index (χ4n) is 1.94. The number of carbonyl (C=O) groups excluding carboxylic acids is 1. The minimum atomic E-state index is -0.0262. The van der Waals surface area contributed by atoms with E-state index in [0.29, 0.717) is 36.6 Å². The molecule has 22 heavy (non-hydrogen) atoms. The first kappa shape index (κ1) is 20.3. The van der Waals surface area contributed by atoms with Gasteiger partial charge in [0.2, 0.25) is 11.7 Å². The number of hydrogen-bond acceptors (Lipinski definition) is 5. The lowest BCUT2D eigenvalue weighted by molar-refractivity contribution is -0.121. The van der Waals surface area contributed by atoms with Crippen molar-refractivity contribution in [1.82, 2.24) is 5.32 Å². The molecular weight excluding hydrogens is 308 g/mol. The lowest BCUT2D eigenvalue weighted by atomic mass is 10.1. The summed E-state index contributed by atoms with van der Waals surface area (Å²) in [6.07, 6.45) is 0.961. The van der Waals surface area contributed by atoms with E-state index in [4.69, 9.17) is 19.9 Å². The zero-order valence-electron chi connectivity index (χ0n) is 13.5. The summed E-state index contributed by atoms with van der Waals surface area (Å²) in [5.41, 5.74) is 6.42. The van der Waals surface area contributed by atoms with E-state index in [-0.39, 0.29) is 24.4 Å². The molecule has 0 aliphatic carbocycles. The fraction of sp³-hybridized carbons (Fsp3) is 0.533. The average molecular weight is 333 g/mol. The molecule has 1 aromatic rings. The molecule has 1 aromatic carbocycles. The van der Waals surface area contributed by atoms with E-state index in [1.54, 1.807) is 21.3 Å². The molecule has 6 nitrogen and oxygen atoms in total. The highest BCUT2D eigenvalue weighted by molar-refractivity contribution is 5.85. The summed E-state index contributed by atoms with van der Waals surface area (Å²) in [4.78, 5) is 11.8.